The minimum absolute atomic E-state index is 0.221. The molecule has 3 heterocycles. The van der Waals surface area contributed by atoms with Gasteiger partial charge in [0.2, 0.25) is 10.0 Å². The molecule has 0 spiro atoms. The zero-order valence-electron chi connectivity index (χ0n) is 11.8. The molecule has 0 fully saturated rings. The Hall–Kier alpha value is -1.54. The average molecular weight is 350 g/mol. The molecule has 4 nitrogen and oxygen atoms in total. The third-order valence-electron chi connectivity index (χ3n) is 3.12. The molecule has 3 aromatic rings. The van der Waals surface area contributed by atoms with Crippen molar-refractivity contribution >= 4 is 32.7 Å². The molecule has 1 N–H and O–H groups in total. The summed E-state index contributed by atoms with van der Waals surface area (Å²) in [7, 11) is -3.48. The summed E-state index contributed by atoms with van der Waals surface area (Å²) in [6, 6.07) is 9.12. The standard InChI is InChI=1S/C15H14N2O2S3/c1-11-4-5-14(21-11)22(18,19)17-9-12-3-2-7-16-15(12)13-6-8-20-10-13/h2-8,10,17H,9H2,1H3. The van der Waals surface area contributed by atoms with Crippen molar-refractivity contribution in [2.75, 3.05) is 0 Å². The summed E-state index contributed by atoms with van der Waals surface area (Å²) in [5.74, 6) is 0. The Bertz CT molecular complexity index is 868. The summed E-state index contributed by atoms with van der Waals surface area (Å²) in [4.78, 5) is 5.35. The van der Waals surface area contributed by atoms with Crippen molar-refractivity contribution in [1.82, 2.24) is 9.71 Å². The van der Waals surface area contributed by atoms with Crippen molar-refractivity contribution < 1.29 is 8.42 Å². The number of aromatic nitrogens is 1. The average Bonchev–Trinajstić information content (AvgIpc) is 3.17. The monoisotopic (exact) mass is 350 g/mol. The number of thiophene rings is 2. The normalized spacial score (nSPS) is 11.7. The molecule has 3 rings (SSSR count). The molecule has 0 saturated carbocycles. The molecule has 0 unspecified atom stereocenters. The van der Waals surface area contributed by atoms with Gasteiger partial charge in [0.15, 0.2) is 0 Å². The van der Waals surface area contributed by atoms with Crippen LogP contribution in [-0.4, -0.2) is 13.4 Å². The Labute approximate surface area is 137 Å². The van der Waals surface area contributed by atoms with Crippen LogP contribution >= 0.6 is 22.7 Å². The second-order valence-corrected chi connectivity index (χ2v) is 8.77. The SMILES string of the molecule is Cc1ccc(S(=O)(=O)NCc2cccnc2-c2ccsc2)s1. The Balaban J connectivity index is 1.83. The van der Waals surface area contributed by atoms with Crippen LogP contribution in [-0.2, 0) is 16.6 Å². The van der Waals surface area contributed by atoms with Crippen molar-refractivity contribution in [3.63, 3.8) is 0 Å². The largest absolute Gasteiger partial charge is 0.256 e. The Kier molecular flexibility index (Phi) is 4.39. The van der Waals surface area contributed by atoms with Crippen molar-refractivity contribution in [2.45, 2.75) is 17.7 Å². The highest BCUT2D eigenvalue weighted by molar-refractivity contribution is 7.91. The second kappa shape index (κ2) is 6.29. The Morgan fingerprint density at radius 2 is 2.09 bits per heavy atom. The first-order chi connectivity index (χ1) is 10.6. The van der Waals surface area contributed by atoms with Crippen LogP contribution in [0.15, 0.2) is 51.5 Å². The summed E-state index contributed by atoms with van der Waals surface area (Å²) in [5, 5.41) is 3.98. The maximum atomic E-state index is 12.3. The zero-order valence-corrected chi connectivity index (χ0v) is 14.3. The van der Waals surface area contributed by atoms with Crippen LogP contribution in [0.5, 0.6) is 0 Å². The first kappa shape index (κ1) is 15.4. The van der Waals surface area contributed by atoms with E-state index >= 15 is 0 Å². The lowest BCUT2D eigenvalue weighted by atomic mass is 10.1. The quantitative estimate of drug-likeness (QED) is 0.764. The molecule has 0 radical (unpaired) electrons. The zero-order chi connectivity index (χ0) is 15.6. The number of hydrogen-bond acceptors (Lipinski definition) is 5. The van der Waals surface area contributed by atoms with Crippen molar-refractivity contribution in [3.8, 4) is 11.3 Å². The van der Waals surface area contributed by atoms with E-state index < -0.39 is 10.0 Å². The number of nitrogens with zero attached hydrogens (tertiary/aromatic N) is 1. The third kappa shape index (κ3) is 3.27. The highest BCUT2D eigenvalue weighted by Crippen LogP contribution is 2.25. The van der Waals surface area contributed by atoms with E-state index in [9.17, 15) is 8.42 Å². The first-order valence-corrected chi connectivity index (χ1v) is 9.83. The topological polar surface area (TPSA) is 59.1 Å². The molecule has 7 heteroatoms. The predicted molar refractivity (Wildman–Crippen MR) is 90.6 cm³/mol. The van der Waals surface area contributed by atoms with Gasteiger partial charge in [-0.15, -0.1) is 11.3 Å². The molecule has 0 bridgehead atoms. The molecule has 0 aliphatic rings. The summed E-state index contributed by atoms with van der Waals surface area (Å²) < 4.78 is 27.6. The molecular formula is C15H14N2O2S3. The lowest BCUT2D eigenvalue weighted by molar-refractivity contribution is 0.583. The highest BCUT2D eigenvalue weighted by Gasteiger charge is 2.17. The van der Waals surface area contributed by atoms with Gasteiger partial charge in [0, 0.05) is 28.6 Å². The number of pyridine rings is 1. The molecule has 0 atom stereocenters. The summed E-state index contributed by atoms with van der Waals surface area (Å²) in [6.45, 7) is 2.11. The van der Waals surface area contributed by atoms with Crippen LogP contribution in [0, 0.1) is 6.92 Å². The molecule has 0 aliphatic heterocycles. The maximum Gasteiger partial charge on any atom is 0.250 e. The second-order valence-electron chi connectivity index (χ2n) is 4.71. The molecule has 114 valence electrons. The van der Waals surface area contributed by atoms with E-state index in [-0.39, 0.29) is 6.54 Å². The lowest BCUT2D eigenvalue weighted by Crippen LogP contribution is -2.22. The summed E-state index contributed by atoms with van der Waals surface area (Å²) in [6.07, 6.45) is 1.72. The summed E-state index contributed by atoms with van der Waals surface area (Å²) >= 11 is 2.86. The fourth-order valence-corrected chi connectivity index (χ4v) is 5.02. The van der Waals surface area contributed by atoms with Crippen molar-refractivity contribution in [3.05, 3.63) is 57.7 Å². The molecule has 0 amide bonds. The first-order valence-electron chi connectivity index (χ1n) is 6.59. The van der Waals surface area contributed by atoms with Gasteiger partial charge < -0.3 is 0 Å². The van der Waals surface area contributed by atoms with E-state index in [0.29, 0.717) is 4.21 Å². The van der Waals surface area contributed by atoms with E-state index in [4.69, 9.17) is 0 Å². The van der Waals surface area contributed by atoms with Gasteiger partial charge in [0.1, 0.15) is 4.21 Å². The van der Waals surface area contributed by atoms with Gasteiger partial charge in [-0.3, -0.25) is 4.98 Å². The highest BCUT2D eigenvalue weighted by atomic mass is 32.2. The van der Waals surface area contributed by atoms with Gasteiger partial charge in [-0.1, -0.05) is 6.07 Å². The number of nitrogens with one attached hydrogen (secondary N) is 1. The van der Waals surface area contributed by atoms with Crippen molar-refractivity contribution in [1.29, 1.82) is 0 Å². The van der Waals surface area contributed by atoms with Gasteiger partial charge in [0.05, 0.1) is 5.69 Å². The smallest absolute Gasteiger partial charge is 0.250 e. The fourth-order valence-electron chi connectivity index (χ4n) is 2.04. The number of rotatable bonds is 5. The van der Waals surface area contributed by atoms with Crippen LogP contribution in [0.2, 0.25) is 0 Å². The lowest BCUT2D eigenvalue weighted by Gasteiger charge is -2.08. The van der Waals surface area contributed by atoms with E-state index in [1.807, 2.05) is 35.9 Å². The predicted octanol–water partition coefficient (Wildman–Crippen LogP) is 3.66. The molecule has 0 aliphatic carbocycles. The molecule has 0 aromatic carbocycles. The maximum absolute atomic E-state index is 12.3. The summed E-state index contributed by atoms with van der Waals surface area (Å²) in [5.41, 5.74) is 2.68. The van der Waals surface area contributed by atoms with E-state index in [1.54, 1.807) is 29.7 Å². The number of aryl methyl sites for hydroxylation is 1. The van der Waals surface area contributed by atoms with Crippen molar-refractivity contribution in [2.24, 2.45) is 0 Å². The van der Waals surface area contributed by atoms with Gasteiger partial charge in [-0.05, 0) is 42.1 Å². The van der Waals surface area contributed by atoms with E-state index in [1.165, 1.54) is 11.3 Å². The van der Waals surface area contributed by atoms with Crippen LogP contribution in [0.4, 0.5) is 0 Å². The molecular weight excluding hydrogens is 336 g/mol. The number of sulfonamides is 1. The Morgan fingerprint density at radius 1 is 1.23 bits per heavy atom. The van der Waals surface area contributed by atoms with Gasteiger partial charge >= 0.3 is 0 Å². The van der Waals surface area contributed by atoms with Crippen LogP contribution in [0.25, 0.3) is 11.3 Å². The third-order valence-corrected chi connectivity index (χ3v) is 6.70. The molecule has 22 heavy (non-hydrogen) atoms. The van der Waals surface area contributed by atoms with Gasteiger partial charge in [-0.2, -0.15) is 11.3 Å². The van der Waals surface area contributed by atoms with Crippen LogP contribution in [0.1, 0.15) is 10.4 Å². The van der Waals surface area contributed by atoms with Crippen LogP contribution in [0.3, 0.4) is 0 Å². The van der Waals surface area contributed by atoms with Crippen LogP contribution < -0.4 is 4.72 Å². The molecule has 3 aromatic heterocycles. The minimum atomic E-state index is -3.48. The van der Waals surface area contributed by atoms with E-state index in [2.05, 4.69) is 9.71 Å². The molecule has 0 saturated heterocycles. The number of hydrogen-bond donors (Lipinski definition) is 1. The van der Waals surface area contributed by atoms with Gasteiger partial charge in [0.25, 0.3) is 0 Å². The van der Waals surface area contributed by atoms with Gasteiger partial charge in [-0.25, -0.2) is 13.1 Å². The minimum Gasteiger partial charge on any atom is -0.256 e. The van der Waals surface area contributed by atoms with E-state index in [0.717, 1.165) is 21.7 Å². The fraction of sp³-hybridized carbons (Fsp3) is 0.133. The Morgan fingerprint density at radius 3 is 2.77 bits per heavy atom.